The van der Waals surface area contributed by atoms with Gasteiger partial charge >= 0.3 is 0 Å². The molecule has 0 aliphatic rings. The Bertz CT molecular complexity index is 144. The zero-order valence-electron chi connectivity index (χ0n) is 9.88. The van der Waals surface area contributed by atoms with Crippen LogP contribution in [0, 0.1) is 0 Å². The second-order valence-electron chi connectivity index (χ2n) is 3.75. The molecule has 0 aromatic heterocycles. The van der Waals surface area contributed by atoms with Crippen LogP contribution in [0.3, 0.4) is 0 Å². The molecule has 0 saturated heterocycles. The number of methoxy groups -OCH3 is 1. The molecule has 0 fully saturated rings. The van der Waals surface area contributed by atoms with E-state index in [1.807, 2.05) is 14.0 Å². The lowest BCUT2D eigenvalue weighted by molar-refractivity contribution is 0.0235. The van der Waals surface area contributed by atoms with E-state index >= 15 is 0 Å². The van der Waals surface area contributed by atoms with Gasteiger partial charge in [0.15, 0.2) is 0 Å². The molecule has 0 aliphatic carbocycles. The van der Waals surface area contributed by atoms with Crippen molar-refractivity contribution in [1.82, 2.24) is 4.90 Å². The van der Waals surface area contributed by atoms with Crippen molar-refractivity contribution in [2.24, 2.45) is 5.73 Å². The molecule has 0 radical (unpaired) electrons. The van der Waals surface area contributed by atoms with Gasteiger partial charge in [-0.15, -0.1) is 0 Å². The molecule has 4 heteroatoms. The lowest BCUT2D eigenvalue weighted by atomic mass is 10.0. The molecule has 86 valence electrons. The number of nitrogens with two attached hydrogens (primary N) is 1. The summed E-state index contributed by atoms with van der Waals surface area (Å²) >= 11 is 0. The first-order valence-corrected chi connectivity index (χ1v) is 5.08. The molecule has 0 rings (SSSR count). The Labute approximate surface area is 87.4 Å². The third-order valence-electron chi connectivity index (χ3n) is 2.59. The molecular formula is C10H24N2O2. The molecule has 0 amide bonds. The van der Waals surface area contributed by atoms with Crippen molar-refractivity contribution < 1.29 is 9.47 Å². The minimum absolute atomic E-state index is 0.0914. The average Bonchev–Trinajstić information content (AvgIpc) is 2.18. The van der Waals surface area contributed by atoms with Gasteiger partial charge in [0.1, 0.15) is 0 Å². The third-order valence-corrected chi connectivity index (χ3v) is 2.59. The van der Waals surface area contributed by atoms with Crippen LogP contribution in [0.2, 0.25) is 0 Å². The first kappa shape index (κ1) is 13.8. The average molecular weight is 204 g/mol. The highest BCUT2D eigenvalue weighted by atomic mass is 16.5. The SMILES string of the molecule is CCOCCN(C)C(C)(CN)COC. The van der Waals surface area contributed by atoms with E-state index in [0.29, 0.717) is 13.2 Å². The van der Waals surface area contributed by atoms with Gasteiger partial charge in [-0.05, 0) is 20.9 Å². The van der Waals surface area contributed by atoms with E-state index in [1.54, 1.807) is 7.11 Å². The van der Waals surface area contributed by atoms with E-state index < -0.39 is 0 Å². The highest BCUT2D eigenvalue weighted by Gasteiger charge is 2.27. The van der Waals surface area contributed by atoms with E-state index in [9.17, 15) is 0 Å². The van der Waals surface area contributed by atoms with Crippen LogP contribution in [-0.2, 0) is 9.47 Å². The van der Waals surface area contributed by atoms with E-state index in [0.717, 1.165) is 19.8 Å². The Balaban J connectivity index is 3.95. The molecule has 0 aromatic carbocycles. The summed E-state index contributed by atoms with van der Waals surface area (Å²) < 4.78 is 10.5. The van der Waals surface area contributed by atoms with Crippen molar-refractivity contribution in [3.05, 3.63) is 0 Å². The molecule has 2 N–H and O–H groups in total. The van der Waals surface area contributed by atoms with Crippen molar-refractivity contribution in [1.29, 1.82) is 0 Å². The van der Waals surface area contributed by atoms with Gasteiger partial charge in [0.05, 0.1) is 18.8 Å². The normalized spacial score (nSPS) is 15.9. The van der Waals surface area contributed by atoms with Crippen molar-refractivity contribution >= 4 is 0 Å². The highest BCUT2D eigenvalue weighted by Crippen LogP contribution is 2.11. The molecule has 1 atom stereocenters. The Morgan fingerprint density at radius 3 is 2.50 bits per heavy atom. The second kappa shape index (κ2) is 7.17. The van der Waals surface area contributed by atoms with Crippen LogP contribution in [0.15, 0.2) is 0 Å². The number of rotatable bonds is 8. The maximum absolute atomic E-state index is 5.74. The zero-order chi connectivity index (χ0) is 11.0. The molecular weight excluding hydrogens is 180 g/mol. The van der Waals surface area contributed by atoms with Crippen molar-refractivity contribution in [2.75, 3.05) is 47.1 Å². The van der Waals surface area contributed by atoms with E-state index in [4.69, 9.17) is 15.2 Å². The maximum atomic E-state index is 5.74. The minimum Gasteiger partial charge on any atom is -0.383 e. The van der Waals surface area contributed by atoms with Crippen molar-refractivity contribution in [3.63, 3.8) is 0 Å². The van der Waals surface area contributed by atoms with Gasteiger partial charge in [0.2, 0.25) is 0 Å². The standard InChI is InChI=1S/C10H24N2O2/c1-5-14-7-6-12(3)10(2,8-11)9-13-4/h5-9,11H2,1-4H3. The lowest BCUT2D eigenvalue weighted by Crippen LogP contribution is -2.53. The molecule has 0 bridgehead atoms. The number of likely N-dealkylation sites (N-methyl/N-ethyl adjacent to an activating group) is 1. The molecule has 1 unspecified atom stereocenters. The number of ether oxygens (including phenoxy) is 2. The summed E-state index contributed by atoms with van der Waals surface area (Å²) in [7, 11) is 3.75. The largest absolute Gasteiger partial charge is 0.383 e. The van der Waals surface area contributed by atoms with Gasteiger partial charge in [-0.3, -0.25) is 4.90 Å². The molecule has 0 heterocycles. The molecule has 4 nitrogen and oxygen atoms in total. The predicted molar refractivity (Wildman–Crippen MR) is 58.5 cm³/mol. The Hall–Kier alpha value is -0.160. The topological polar surface area (TPSA) is 47.7 Å². The Morgan fingerprint density at radius 1 is 1.43 bits per heavy atom. The van der Waals surface area contributed by atoms with Gasteiger partial charge in [0.25, 0.3) is 0 Å². The fraction of sp³-hybridized carbons (Fsp3) is 1.00. The summed E-state index contributed by atoms with van der Waals surface area (Å²) in [5.41, 5.74) is 5.64. The fourth-order valence-electron chi connectivity index (χ4n) is 1.25. The number of hydrogen-bond donors (Lipinski definition) is 1. The summed E-state index contributed by atoms with van der Waals surface area (Å²) in [6, 6.07) is 0. The fourth-order valence-corrected chi connectivity index (χ4v) is 1.25. The van der Waals surface area contributed by atoms with Crippen LogP contribution in [0.1, 0.15) is 13.8 Å². The minimum atomic E-state index is -0.0914. The zero-order valence-corrected chi connectivity index (χ0v) is 9.88. The monoisotopic (exact) mass is 204 g/mol. The molecule has 0 spiro atoms. The van der Waals surface area contributed by atoms with Gasteiger partial charge < -0.3 is 15.2 Å². The summed E-state index contributed by atoms with van der Waals surface area (Å²) in [6.07, 6.45) is 0. The lowest BCUT2D eigenvalue weighted by Gasteiger charge is -2.37. The van der Waals surface area contributed by atoms with Crippen molar-refractivity contribution in [3.8, 4) is 0 Å². The number of nitrogens with zero attached hydrogens (tertiary/aromatic N) is 1. The van der Waals surface area contributed by atoms with Crippen LogP contribution in [-0.4, -0.2) is 57.5 Å². The van der Waals surface area contributed by atoms with Crippen LogP contribution in [0.5, 0.6) is 0 Å². The maximum Gasteiger partial charge on any atom is 0.0656 e. The first-order valence-electron chi connectivity index (χ1n) is 5.08. The van der Waals surface area contributed by atoms with Gasteiger partial charge in [-0.1, -0.05) is 0 Å². The van der Waals surface area contributed by atoms with E-state index in [1.165, 1.54) is 0 Å². The highest BCUT2D eigenvalue weighted by molar-refractivity contribution is 4.85. The molecule has 0 aliphatic heterocycles. The molecule has 0 saturated carbocycles. The Kier molecular flexibility index (Phi) is 7.09. The van der Waals surface area contributed by atoms with E-state index in [-0.39, 0.29) is 5.54 Å². The Morgan fingerprint density at radius 2 is 2.07 bits per heavy atom. The summed E-state index contributed by atoms with van der Waals surface area (Å²) in [5.74, 6) is 0. The molecule has 14 heavy (non-hydrogen) atoms. The van der Waals surface area contributed by atoms with E-state index in [2.05, 4.69) is 11.8 Å². The van der Waals surface area contributed by atoms with Gasteiger partial charge in [-0.25, -0.2) is 0 Å². The van der Waals surface area contributed by atoms with Crippen molar-refractivity contribution in [2.45, 2.75) is 19.4 Å². The summed E-state index contributed by atoms with van der Waals surface area (Å²) in [6.45, 7) is 7.71. The van der Waals surface area contributed by atoms with Gasteiger partial charge in [0, 0.05) is 26.8 Å². The molecule has 0 aromatic rings. The summed E-state index contributed by atoms with van der Waals surface area (Å²) in [5, 5.41) is 0. The third kappa shape index (κ3) is 4.37. The first-order chi connectivity index (χ1) is 6.60. The van der Waals surface area contributed by atoms with Crippen LogP contribution in [0.4, 0.5) is 0 Å². The van der Waals surface area contributed by atoms with Crippen LogP contribution in [0.25, 0.3) is 0 Å². The summed E-state index contributed by atoms with van der Waals surface area (Å²) in [4.78, 5) is 2.19. The quantitative estimate of drug-likeness (QED) is 0.578. The van der Waals surface area contributed by atoms with Gasteiger partial charge in [-0.2, -0.15) is 0 Å². The number of hydrogen-bond acceptors (Lipinski definition) is 4. The second-order valence-corrected chi connectivity index (χ2v) is 3.75. The predicted octanol–water partition coefficient (Wildman–Crippen LogP) is 0.319. The van der Waals surface area contributed by atoms with Crippen LogP contribution < -0.4 is 5.73 Å². The smallest absolute Gasteiger partial charge is 0.0656 e. The van der Waals surface area contributed by atoms with Crippen LogP contribution >= 0.6 is 0 Å².